The van der Waals surface area contributed by atoms with Crippen LogP contribution >= 0.6 is 46.1 Å². The highest BCUT2D eigenvalue weighted by atomic mass is 35.5. The molecule has 26 heavy (non-hydrogen) atoms. The molecule has 4 nitrogen and oxygen atoms in total. The molecule has 0 atom stereocenters. The molecule has 0 aliphatic heterocycles. The molecular weight excluding hydrogens is 415 g/mol. The number of hydrogen-bond acceptors (Lipinski definition) is 4. The molecule has 0 saturated heterocycles. The Labute approximate surface area is 169 Å². The number of anilines is 1. The molecule has 3 rings (SSSR count). The Morgan fingerprint density at radius 2 is 1.96 bits per heavy atom. The number of carbonyl (C=O) groups is 1. The molecule has 2 aromatic carbocycles. The molecule has 1 heterocycles. The zero-order valence-electron chi connectivity index (χ0n) is 13.3. The molecule has 0 radical (unpaired) electrons. The van der Waals surface area contributed by atoms with Crippen LogP contribution in [-0.4, -0.2) is 17.5 Å². The number of halogens is 3. The van der Waals surface area contributed by atoms with Crippen LogP contribution in [0.25, 0.3) is 0 Å². The maximum atomic E-state index is 12.0. The first-order valence-corrected chi connectivity index (χ1v) is 9.52. The van der Waals surface area contributed by atoms with Gasteiger partial charge >= 0.3 is 0 Å². The van der Waals surface area contributed by atoms with Gasteiger partial charge in [-0.25, -0.2) is 4.98 Å². The molecule has 0 aliphatic carbocycles. The standard InChI is InChI=1S/C18H13Cl3N2O2S/c19-12-4-1-3-11(7-12)8-13-9-22-18(26-13)23-16(24)10-25-15-6-2-5-14(20)17(15)21/h1-7,9H,8,10H2,(H,22,23,24). The van der Waals surface area contributed by atoms with Crippen molar-refractivity contribution in [2.75, 3.05) is 11.9 Å². The number of nitrogens with one attached hydrogen (secondary N) is 1. The van der Waals surface area contributed by atoms with E-state index in [0.29, 0.717) is 27.3 Å². The summed E-state index contributed by atoms with van der Waals surface area (Å²) in [5.41, 5.74) is 1.08. The first-order chi connectivity index (χ1) is 12.5. The van der Waals surface area contributed by atoms with Crippen LogP contribution in [0.3, 0.4) is 0 Å². The van der Waals surface area contributed by atoms with Crippen molar-refractivity contribution in [1.82, 2.24) is 4.98 Å². The highest BCUT2D eigenvalue weighted by molar-refractivity contribution is 7.15. The van der Waals surface area contributed by atoms with Crippen molar-refractivity contribution in [1.29, 1.82) is 0 Å². The van der Waals surface area contributed by atoms with Crippen LogP contribution in [0.1, 0.15) is 10.4 Å². The lowest BCUT2D eigenvalue weighted by Crippen LogP contribution is -2.20. The average molecular weight is 428 g/mol. The predicted octanol–water partition coefficient (Wildman–Crippen LogP) is 5.71. The number of nitrogens with zero attached hydrogens (tertiary/aromatic N) is 1. The number of amides is 1. The van der Waals surface area contributed by atoms with Gasteiger partial charge in [0.15, 0.2) is 11.7 Å². The van der Waals surface area contributed by atoms with Crippen molar-refractivity contribution < 1.29 is 9.53 Å². The van der Waals surface area contributed by atoms with E-state index in [9.17, 15) is 4.79 Å². The van der Waals surface area contributed by atoms with Crippen LogP contribution < -0.4 is 10.1 Å². The van der Waals surface area contributed by atoms with Gasteiger partial charge in [0.2, 0.25) is 0 Å². The first kappa shape index (κ1) is 19.0. The lowest BCUT2D eigenvalue weighted by molar-refractivity contribution is -0.118. The molecule has 1 N–H and O–H groups in total. The molecule has 0 saturated carbocycles. The Balaban J connectivity index is 1.55. The Morgan fingerprint density at radius 3 is 2.77 bits per heavy atom. The molecule has 0 aliphatic rings. The SMILES string of the molecule is O=C(COc1cccc(Cl)c1Cl)Nc1ncc(Cc2cccc(Cl)c2)s1. The van der Waals surface area contributed by atoms with Gasteiger partial charge in [0.25, 0.3) is 5.91 Å². The third-order valence-corrected chi connectivity index (χ3v) is 5.29. The normalized spacial score (nSPS) is 10.6. The molecular formula is C18H13Cl3N2O2S. The molecule has 1 aromatic heterocycles. The van der Waals surface area contributed by atoms with Gasteiger partial charge in [0, 0.05) is 22.5 Å². The number of carbonyl (C=O) groups excluding carboxylic acids is 1. The van der Waals surface area contributed by atoms with E-state index < -0.39 is 0 Å². The van der Waals surface area contributed by atoms with Crippen LogP contribution in [0.5, 0.6) is 5.75 Å². The van der Waals surface area contributed by atoms with Crippen LogP contribution in [0, 0.1) is 0 Å². The van der Waals surface area contributed by atoms with E-state index in [-0.39, 0.29) is 17.5 Å². The third kappa shape index (κ3) is 5.11. The minimum Gasteiger partial charge on any atom is -0.482 e. The summed E-state index contributed by atoms with van der Waals surface area (Å²) in [6, 6.07) is 12.6. The van der Waals surface area contributed by atoms with E-state index >= 15 is 0 Å². The molecule has 134 valence electrons. The fraction of sp³-hybridized carbons (Fsp3) is 0.111. The lowest BCUT2D eigenvalue weighted by Gasteiger charge is -2.08. The number of benzene rings is 2. The van der Waals surface area contributed by atoms with Gasteiger partial charge in [0.05, 0.1) is 5.02 Å². The van der Waals surface area contributed by atoms with E-state index in [0.717, 1.165) is 10.4 Å². The smallest absolute Gasteiger partial charge is 0.264 e. The number of aromatic nitrogens is 1. The van der Waals surface area contributed by atoms with Gasteiger partial charge in [-0.15, -0.1) is 11.3 Å². The van der Waals surface area contributed by atoms with Crippen molar-refractivity contribution in [2.24, 2.45) is 0 Å². The Kier molecular flexibility index (Phi) is 6.38. The molecule has 0 fully saturated rings. The second-order valence-electron chi connectivity index (χ2n) is 5.33. The number of thiazole rings is 1. The second-order valence-corrected chi connectivity index (χ2v) is 7.66. The van der Waals surface area contributed by atoms with Crippen LogP contribution in [0.15, 0.2) is 48.7 Å². The highest BCUT2D eigenvalue weighted by Gasteiger charge is 2.11. The summed E-state index contributed by atoms with van der Waals surface area (Å²) in [4.78, 5) is 17.3. The number of ether oxygens (including phenoxy) is 1. The summed E-state index contributed by atoms with van der Waals surface area (Å²) < 4.78 is 5.40. The van der Waals surface area contributed by atoms with Gasteiger partial charge in [-0.1, -0.05) is 53.0 Å². The summed E-state index contributed by atoms with van der Waals surface area (Å²) in [6.07, 6.45) is 2.43. The Hall–Kier alpha value is -1.79. The monoisotopic (exact) mass is 426 g/mol. The van der Waals surface area contributed by atoms with Gasteiger partial charge in [-0.2, -0.15) is 0 Å². The van der Waals surface area contributed by atoms with Crippen LogP contribution in [-0.2, 0) is 11.2 Å². The van der Waals surface area contributed by atoms with Crippen molar-refractivity contribution in [3.63, 3.8) is 0 Å². The van der Waals surface area contributed by atoms with Crippen LogP contribution in [0.4, 0.5) is 5.13 Å². The van der Waals surface area contributed by atoms with Crippen molar-refractivity contribution in [3.05, 3.63) is 74.2 Å². The van der Waals surface area contributed by atoms with Gasteiger partial charge < -0.3 is 4.74 Å². The Bertz CT molecular complexity index is 930. The van der Waals surface area contributed by atoms with E-state index in [2.05, 4.69) is 10.3 Å². The summed E-state index contributed by atoms with van der Waals surface area (Å²) >= 11 is 19.3. The van der Waals surface area contributed by atoms with Gasteiger partial charge in [-0.05, 0) is 29.8 Å². The second kappa shape index (κ2) is 8.73. The van der Waals surface area contributed by atoms with E-state index in [1.54, 1.807) is 24.4 Å². The van der Waals surface area contributed by atoms with Crippen molar-refractivity contribution in [2.45, 2.75) is 6.42 Å². The molecule has 3 aromatic rings. The van der Waals surface area contributed by atoms with Crippen LogP contribution in [0.2, 0.25) is 15.1 Å². The average Bonchev–Trinajstić information content (AvgIpc) is 3.03. The Morgan fingerprint density at radius 1 is 1.15 bits per heavy atom. The fourth-order valence-corrected chi connectivity index (χ4v) is 3.61. The van der Waals surface area contributed by atoms with Crippen molar-refractivity contribution in [3.8, 4) is 5.75 Å². The number of rotatable bonds is 6. The van der Waals surface area contributed by atoms with E-state index in [1.807, 2.05) is 24.3 Å². The third-order valence-electron chi connectivity index (χ3n) is 3.34. The fourth-order valence-electron chi connectivity index (χ4n) is 2.19. The molecule has 1 amide bonds. The predicted molar refractivity (Wildman–Crippen MR) is 107 cm³/mol. The van der Waals surface area contributed by atoms with Gasteiger partial charge in [0.1, 0.15) is 10.8 Å². The zero-order chi connectivity index (χ0) is 18.5. The van der Waals surface area contributed by atoms with E-state index in [4.69, 9.17) is 39.5 Å². The zero-order valence-corrected chi connectivity index (χ0v) is 16.4. The first-order valence-electron chi connectivity index (χ1n) is 7.57. The maximum Gasteiger partial charge on any atom is 0.264 e. The quantitative estimate of drug-likeness (QED) is 0.548. The highest BCUT2D eigenvalue weighted by Crippen LogP contribution is 2.31. The molecule has 0 unspecified atom stereocenters. The molecule has 0 bridgehead atoms. The molecule has 8 heteroatoms. The minimum absolute atomic E-state index is 0.191. The summed E-state index contributed by atoms with van der Waals surface area (Å²) in [7, 11) is 0. The van der Waals surface area contributed by atoms with E-state index in [1.165, 1.54) is 11.3 Å². The van der Waals surface area contributed by atoms with Crippen molar-refractivity contribution >= 4 is 57.2 Å². The lowest BCUT2D eigenvalue weighted by atomic mass is 10.1. The summed E-state index contributed by atoms with van der Waals surface area (Å²) in [6.45, 7) is -0.191. The summed E-state index contributed by atoms with van der Waals surface area (Å²) in [5.74, 6) is 0.0276. The largest absolute Gasteiger partial charge is 0.482 e. The maximum absolute atomic E-state index is 12.0. The topological polar surface area (TPSA) is 51.2 Å². The summed E-state index contributed by atoms with van der Waals surface area (Å²) in [5, 5.41) is 4.55. The minimum atomic E-state index is -0.329. The number of hydrogen-bond donors (Lipinski definition) is 1. The molecule has 0 spiro atoms. The van der Waals surface area contributed by atoms with Gasteiger partial charge in [-0.3, -0.25) is 10.1 Å².